The number of nitrogens with zero attached hydrogens (tertiary/aromatic N) is 2. The third-order valence-corrected chi connectivity index (χ3v) is 5.27. The highest BCUT2D eigenvalue weighted by Crippen LogP contribution is 2.27. The normalized spacial score (nSPS) is 12.2. The molecule has 2 rings (SSSR count). The molecule has 0 N–H and O–H groups in total. The van der Waals surface area contributed by atoms with Gasteiger partial charge in [0, 0.05) is 0 Å². The Morgan fingerprint density at radius 1 is 1.27 bits per heavy atom. The number of hydrogen-bond acceptors (Lipinski definition) is 7. The Bertz CT molecular complexity index is 855. The third-order valence-electron chi connectivity index (χ3n) is 4.09. The summed E-state index contributed by atoms with van der Waals surface area (Å²) in [5.41, 5.74) is 0.163. The van der Waals surface area contributed by atoms with Gasteiger partial charge in [-0.1, -0.05) is 19.8 Å². The molecule has 2 heterocycles. The zero-order valence-corrected chi connectivity index (χ0v) is 16.4. The van der Waals surface area contributed by atoms with Gasteiger partial charge in [0.15, 0.2) is 0 Å². The van der Waals surface area contributed by atoms with Crippen molar-refractivity contribution in [1.29, 1.82) is 0 Å². The van der Waals surface area contributed by atoms with Crippen LogP contribution in [0.5, 0.6) is 0 Å². The molecule has 0 aliphatic heterocycles. The highest BCUT2D eigenvalue weighted by molar-refractivity contribution is 7.20. The Kier molecular flexibility index (Phi) is 6.90. The molecule has 0 saturated carbocycles. The number of fused-ring (bicyclic) bond motifs is 1. The first-order valence-corrected chi connectivity index (χ1v) is 9.57. The number of aryl methyl sites for hydroxylation is 1. The van der Waals surface area contributed by atoms with E-state index in [-0.39, 0.29) is 12.2 Å². The van der Waals surface area contributed by atoms with Gasteiger partial charge in [-0.15, -0.1) is 11.3 Å². The van der Waals surface area contributed by atoms with E-state index < -0.39 is 18.0 Å². The molecule has 8 heteroatoms. The summed E-state index contributed by atoms with van der Waals surface area (Å²) in [5.74, 6) is -0.940. The molecule has 0 aromatic carbocycles. The largest absolute Gasteiger partial charge is 0.464 e. The van der Waals surface area contributed by atoms with Crippen LogP contribution in [0.2, 0.25) is 0 Å². The summed E-state index contributed by atoms with van der Waals surface area (Å²) in [6.07, 6.45) is 4.15. The zero-order valence-electron chi connectivity index (χ0n) is 15.5. The predicted octanol–water partition coefficient (Wildman–Crippen LogP) is 3.24. The van der Waals surface area contributed by atoms with Crippen molar-refractivity contribution in [1.82, 2.24) is 9.55 Å². The molecule has 0 unspecified atom stereocenters. The molecule has 7 nitrogen and oxygen atoms in total. The average molecular weight is 380 g/mol. The fourth-order valence-corrected chi connectivity index (χ4v) is 3.60. The Labute approximate surface area is 155 Å². The van der Waals surface area contributed by atoms with Crippen molar-refractivity contribution in [3.63, 3.8) is 0 Å². The van der Waals surface area contributed by atoms with Crippen LogP contribution in [-0.2, 0) is 14.3 Å². The molecule has 0 aliphatic carbocycles. The van der Waals surface area contributed by atoms with Gasteiger partial charge in [0.25, 0.3) is 5.56 Å². The van der Waals surface area contributed by atoms with E-state index in [2.05, 4.69) is 11.9 Å². The maximum atomic E-state index is 12.8. The summed E-state index contributed by atoms with van der Waals surface area (Å²) in [5, 5.41) is 0.339. The van der Waals surface area contributed by atoms with Gasteiger partial charge in [-0.05, 0) is 32.8 Å². The smallest absolute Gasteiger partial charge is 0.348 e. The van der Waals surface area contributed by atoms with Crippen molar-refractivity contribution in [2.45, 2.75) is 53.0 Å². The van der Waals surface area contributed by atoms with Crippen molar-refractivity contribution >= 4 is 33.5 Å². The lowest BCUT2D eigenvalue weighted by Crippen LogP contribution is -2.29. The summed E-state index contributed by atoms with van der Waals surface area (Å²) < 4.78 is 11.5. The van der Waals surface area contributed by atoms with Crippen molar-refractivity contribution in [3.8, 4) is 0 Å². The molecule has 142 valence electrons. The minimum atomic E-state index is -0.786. The highest BCUT2D eigenvalue weighted by atomic mass is 32.1. The lowest BCUT2D eigenvalue weighted by Gasteiger charge is -2.14. The first-order valence-electron chi connectivity index (χ1n) is 8.76. The zero-order chi connectivity index (χ0) is 19.3. The molecule has 0 bridgehead atoms. The molecule has 2 aromatic heterocycles. The number of unbranched alkanes of at least 4 members (excludes halogenated alkanes) is 2. The molecular formula is C18H24N2O5S. The SMILES string of the molecule is CCCCCOC(=O)[C@@H](C)n1cnc2sc(C(=O)OCC)c(C)c2c1=O. The Morgan fingerprint density at radius 3 is 2.65 bits per heavy atom. The Balaban J connectivity index is 2.30. The number of carbonyl (C=O) groups excluding carboxylic acids is 2. The second-order valence-corrected chi connectivity index (χ2v) is 6.96. The summed E-state index contributed by atoms with van der Waals surface area (Å²) in [6.45, 7) is 7.67. The molecule has 0 fully saturated rings. The lowest BCUT2D eigenvalue weighted by molar-refractivity contribution is -0.147. The van der Waals surface area contributed by atoms with Gasteiger partial charge in [0.2, 0.25) is 0 Å². The number of ether oxygens (including phenoxy) is 2. The van der Waals surface area contributed by atoms with Crippen LogP contribution >= 0.6 is 11.3 Å². The van der Waals surface area contributed by atoms with Gasteiger partial charge >= 0.3 is 11.9 Å². The summed E-state index contributed by atoms with van der Waals surface area (Å²) in [7, 11) is 0. The monoisotopic (exact) mass is 380 g/mol. The van der Waals surface area contributed by atoms with Crippen molar-refractivity contribution in [2.24, 2.45) is 0 Å². The summed E-state index contributed by atoms with van der Waals surface area (Å²) >= 11 is 1.12. The standard InChI is InChI=1S/C18H24N2O5S/c1-5-7-8-9-25-17(22)12(4)20-10-19-15-13(16(20)21)11(3)14(26-15)18(23)24-6-2/h10,12H,5-9H2,1-4H3/t12-/m1/s1. The molecule has 0 saturated heterocycles. The predicted molar refractivity (Wildman–Crippen MR) is 99.8 cm³/mol. The van der Waals surface area contributed by atoms with Gasteiger partial charge in [0.05, 0.1) is 24.9 Å². The minimum absolute atomic E-state index is 0.255. The van der Waals surface area contributed by atoms with Crippen LogP contribution in [0.1, 0.15) is 61.3 Å². The van der Waals surface area contributed by atoms with Crippen LogP contribution in [0.25, 0.3) is 10.2 Å². The molecule has 0 amide bonds. The Morgan fingerprint density at radius 2 is 2.00 bits per heavy atom. The van der Waals surface area contributed by atoms with Gasteiger partial charge in [-0.2, -0.15) is 0 Å². The van der Waals surface area contributed by atoms with Crippen molar-refractivity contribution < 1.29 is 19.1 Å². The topological polar surface area (TPSA) is 87.5 Å². The third kappa shape index (κ3) is 4.12. The average Bonchev–Trinajstić information content (AvgIpc) is 2.96. The highest BCUT2D eigenvalue weighted by Gasteiger charge is 2.24. The number of hydrogen-bond donors (Lipinski definition) is 0. The fourth-order valence-electron chi connectivity index (χ4n) is 2.56. The number of esters is 2. The van der Waals surface area contributed by atoms with Gasteiger partial charge in [-0.3, -0.25) is 9.36 Å². The van der Waals surface area contributed by atoms with Crippen LogP contribution in [0, 0.1) is 6.92 Å². The molecule has 1 atom stereocenters. The number of rotatable bonds is 8. The van der Waals surface area contributed by atoms with E-state index in [9.17, 15) is 14.4 Å². The van der Waals surface area contributed by atoms with Crippen LogP contribution < -0.4 is 5.56 Å². The van der Waals surface area contributed by atoms with Crippen LogP contribution in [0.15, 0.2) is 11.1 Å². The van der Waals surface area contributed by atoms with E-state index in [4.69, 9.17) is 9.47 Å². The minimum Gasteiger partial charge on any atom is -0.464 e. The van der Waals surface area contributed by atoms with E-state index in [1.807, 2.05) is 0 Å². The summed E-state index contributed by atoms with van der Waals surface area (Å²) in [4.78, 5) is 42.1. The van der Waals surface area contributed by atoms with Gasteiger partial charge in [0.1, 0.15) is 15.7 Å². The van der Waals surface area contributed by atoms with Crippen LogP contribution in [0.3, 0.4) is 0 Å². The second kappa shape index (κ2) is 8.93. The first-order chi connectivity index (χ1) is 12.4. The maximum absolute atomic E-state index is 12.8. The van der Waals surface area contributed by atoms with Crippen molar-refractivity contribution in [3.05, 3.63) is 27.1 Å². The van der Waals surface area contributed by atoms with Gasteiger partial charge in [-0.25, -0.2) is 14.6 Å². The lowest BCUT2D eigenvalue weighted by atomic mass is 10.2. The number of aromatic nitrogens is 2. The van der Waals surface area contributed by atoms with E-state index in [0.717, 1.165) is 30.6 Å². The van der Waals surface area contributed by atoms with E-state index >= 15 is 0 Å². The molecule has 0 aliphatic rings. The fraction of sp³-hybridized carbons (Fsp3) is 0.556. The molecule has 2 aromatic rings. The second-order valence-electron chi connectivity index (χ2n) is 5.96. The van der Waals surface area contributed by atoms with Crippen molar-refractivity contribution in [2.75, 3.05) is 13.2 Å². The van der Waals surface area contributed by atoms with Gasteiger partial charge < -0.3 is 9.47 Å². The van der Waals surface area contributed by atoms with Crippen LogP contribution in [0.4, 0.5) is 0 Å². The molecule has 0 spiro atoms. The van der Waals surface area contributed by atoms with E-state index in [0.29, 0.717) is 27.3 Å². The quantitative estimate of drug-likeness (QED) is 0.516. The maximum Gasteiger partial charge on any atom is 0.348 e. The first kappa shape index (κ1) is 20.1. The van der Waals surface area contributed by atoms with Crippen LogP contribution in [-0.4, -0.2) is 34.7 Å². The molecular weight excluding hydrogens is 356 g/mol. The van der Waals surface area contributed by atoms with E-state index in [1.54, 1.807) is 20.8 Å². The molecule has 0 radical (unpaired) electrons. The molecule has 26 heavy (non-hydrogen) atoms. The Hall–Kier alpha value is -2.22. The summed E-state index contributed by atoms with van der Waals surface area (Å²) in [6, 6.07) is -0.786. The van der Waals surface area contributed by atoms with E-state index in [1.165, 1.54) is 10.9 Å². The number of carbonyl (C=O) groups is 2. The number of thiophene rings is 1.